The topological polar surface area (TPSA) is 81.9 Å². The molecular formula is C25H33N5O2S. The van der Waals surface area contributed by atoms with E-state index in [1.807, 2.05) is 61.7 Å². The Balaban J connectivity index is 2.02. The number of hydrogen-bond acceptors (Lipinski definition) is 6. The Kier molecular flexibility index (Phi) is 8.13. The number of pyridine rings is 1. The molecule has 8 heteroatoms. The summed E-state index contributed by atoms with van der Waals surface area (Å²) in [6, 6.07) is 11.6. The molecule has 0 fully saturated rings. The van der Waals surface area contributed by atoms with Gasteiger partial charge in [-0.1, -0.05) is 32.5 Å². The summed E-state index contributed by atoms with van der Waals surface area (Å²) < 4.78 is 7.58. The molecule has 1 unspecified atom stereocenters. The van der Waals surface area contributed by atoms with Crippen molar-refractivity contribution in [3.8, 4) is 22.8 Å². The SMILES string of the molecule is CCOc1ccc(-n2c(SC(C(=O)NC(C)(C)CC)C(C)C)nnc2-c2cccnc2)cc1. The molecule has 0 radical (unpaired) electrons. The molecule has 0 aliphatic rings. The van der Waals surface area contributed by atoms with Crippen molar-refractivity contribution in [1.29, 1.82) is 0 Å². The third-order valence-corrected chi connectivity index (χ3v) is 6.89. The number of carbonyl (C=O) groups excluding carboxylic acids is 1. The van der Waals surface area contributed by atoms with Crippen LogP contribution in [-0.2, 0) is 4.79 Å². The molecule has 2 aromatic heterocycles. The molecule has 0 aliphatic carbocycles. The van der Waals surface area contributed by atoms with Gasteiger partial charge in [-0.3, -0.25) is 14.3 Å². The Morgan fingerprint density at radius 1 is 1.15 bits per heavy atom. The molecule has 0 aliphatic heterocycles. The third-order valence-electron chi connectivity index (χ3n) is 5.40. The highest BCUT2D eigenvalue weighted by Crippen LogP contribution is 2.33. The van der Waals surface area contributed by atoms with Crippen molar-refractivity contribution in [3.63, 3.8) is 0 Å². The van der Waals surface area contributed by atoms with Crippen molar-refractivity contribution < 1.29 is 9.53 Å². The van der Waals surface area contributed by atoms with Gasteiger partial charge in [-0.15, -0.1) is 10.2 Å². The van der Waals surface area contributed by atoms with E-state index in [4.69, 9.17) is 4.74 Å². The maximum Gasteiger partial charge on any atom is 0.234 e. The first-order chi connectivity index (χ1) is 15.8. The molecule has 0 spiro atoms. The summed E-state index contributed by atoms with van der Waals surface area (Å²) in [5.41, 5.74) is 1.47. The summed E-state index contributed by atoms with van der Waals surface area (Å²) in [7, 11) is 0. The van der Waals surface area contributed by atoms with Crippen molar-refractivity contribution in [2.45, 2.75) is 63.9 Å². The van der Waals surface area contributed by atoms with E-state index < -0.39 is 0 Å². The van der Waals surface area contributed by atoms with Gasteiger partial charge in [0.2, 0.25) is 5.91 Å². The fourth-order valence-electron chi connectivity index (χ4n) is 3.22. The molecule has 0 saturated carbocycles. The van der Waals surface area contributed by atoms with Gasteiger partial charge in [-0.05, 0) is 69.5 Å². The molecule has 176 valence electrons. The number of hydrogen-bond donors (Lipinski definition) is 1. The van der Waals surface area contributed by atoms with Crippen molar-refractivity contribution in [1.82, 2.24) is 25.1 Å². The van der Waals surface area contributed by atoms with Gasteiger partial charge in [0.1, 0.15) is 5.75 Å². The summed E-state index contributed by atoms with van der Waals surface area (Å²) >= 11 is 1.43. The summed E-state index contributed by atoms with van der Waals surface area (Å²) in [5, 5.41) is 12.5. The first kappa shape index (κ1) is 24.8. The van der Waals surface area contributed by atoms with Crippen LogP contribution in [0.25, 0.3) is 17.1 Å². The van der Waals surface area contributed by atoms with Crippen molar-refractivity contribution >= 4 is 17.7 Å². The number of amides is 1. The van der Waals surface area contributed by atoms with Crippen LogP contribution in [0.1, 0.15) is 48.0 Å². The van der Waals surface area contributed by atoms with E-state index in [-0.39, 0.29) is 22.6 Å². The molecule has 3 aromatic rings. The minimum atomic E-state index is -0.316. The van der Waals surface area contributed by atoms with Crippen LogP contribution in [0.15, 0.2) is 53.9 Å². The lowest BCUT2D eigenvalue weighted by molar-refractivity contribution is -0.122. The lowest BCUT2D eigenvalue weighted by Crippen LogP contribution is -2.47. The van der Waals surface area contributed by atoms with Crippen LogP contribution < -0.4 is 10.1 Å². The van der Waals surface area contributed by atoms with Crippen LogP contribution >= 0.6 is 11.8 Å². The van der Waals surface area contributed by atoms with E-state index in [9.17, 15) is 4.79 Å². The van der Waals surface area contributed by atoms with E-state index in [1.54, 1.807) is 12.4 Å². The van der Waals surface area contributed by atoms with E-state index in [2.05, 4.69) is 41.3 Å². The standard InChI is InChI=1S/C25H33N5O2S/c1-7-25(5,6)27-23(31)21(17(3)4)33-24-29-28-22(18-10-9-15-26-16-18)30(24)19-11-13-20(14-12-19)32-8-2/h9-17,21H,7-8H2,1-6H3,(H,27,31). The zero-order valence-electron chi connectivity index (χ0n) is 20.2. The summed E-state index contributed by atoms with van der Waals surface area (Å²) in [5.74, 6) is 1.58. The van der Waals surface area contributed by atoms with Gasteiger partial charge in [-0.25, -0.2) is 0 Å². The van der Waals surface area contributed by atoms with Gasteiger partial charge >= 0.3 is 0 Å². The van der Waals surface area contributed by atoms with Crippen LogP contribution in [0.4, 0.5) is 0 Å². The molecule has 1 amide bonds. The Bertz CT molecular complexity index is 1050. The van der Waals surface area contributed by atoms with Crippen molar-refractivity contribution in [2.24, 2.45) is 5.92 Å². The maximum absolute atomic E-state index is 13.2. The Morgan fingerprint density at radius 2 is 1.88 bits per heavy atom. The average Bonchev–Trinajstić information content (AvgIpc) is 3.22. The van der Waals surface area contributed by atoms with Crippen LogP contribution in [0.5, 0.6) is 5.75 Å². The highest BCUT2D eigenvalue weighted by Gasteiger charge is 2.30. The lowest BCUT2D eigenvalue weighted by atomic mass is 10.0. The predicted molar refractivity (Wildman–Crippen MR) is 133 cm³/mol. The van der Waals surface area contributed by atoms with Gasteiger partial charge in [0.15, 0.2) is 11.0 Å². The number of benzene rings is 1. The van der Waals surface area contributed by atoms with E-state index in [0.29, 0.717) is 17.6 Å². The van der Waals surface area contributed by atoms with E-state index in [0.717, 1.165) is 23.4 Å². The predicted octanol–water partition coefficient (Wildman–Crippen LogP) is 5.15. The largest absolute Gasteiger partial charge is 0.494 e. The zero-order valence-corrected chi connectivity index (χ0v) is 21.0. The molecule has 3 rings (SSSR count). The number of aromatic nitrogens is 4. The minimum Gasteiger partial charge on any atom is -0.494 e. The Labute approximate surface area is 200 Å². The number of thioether (sulfide) groups is 1. The first-order valence-electron chi connectivity index (χ1n) is 11.3. The van der Waals surface area contributed by atoms with Crippen LogP contribution in [0.3, 0.4) is 0 Å². The molecule has 1 N–H and O–H groups in total. The van der Waals surface area contributed by atoms with Gasteiger partial charge < -0.3 is 10.1 Å². The van der Waals surface area contributed by atoms with Crippen LogP contribution in [0, 0.1) is 5.92 Å². The second-order valence-electron chi connectivity index (χ2n) is 8.82. The smallest absolute Gasteiger partial charge is 0.234 e. The van der Waals surface area contributed by atoms with Crippen LogP contribution in [0.2, 0.25) is 0 Å². The van der Waals surface area contributed by atoms with Gasteiger partial charge in [0.05, 0.1) is 11.9 Å². The quantitative estimate of drug-likeness (QED) is 0.415. The number of nitrogens with zero attached hydrogens (tertiary/aromatic N) is 4. The molecule has 0 saturated heterocycles. The van der Waals surface area contributed by atoms with Crippen LogP contribution in [-0.4, -0.2) is 43.1 Å². The normalized spacial score (nSPS) is 12.6. The Hall–Kier alpha value is -2.87. The van der Waals surface area contributed by atoms with Crippen molar-refractivity contribution in [2.75, 3.05) is 6.61 Å². The summed E-state index contributed by atoms with van der Waals surface area (Å²) in [6.07, 6.45) is 4.34. The monoisotopic (exact) mass is 467 g/mol. The van der Waals surface area contributed by atoms with Gasteiger partial charge in [-0.2, -0.15) is 0 Å². The average molecular weight is 468 g/mol. The molecule has 2 heterocycles. The van der Waals surface area contributed by atoms with Crippen molar-refractivity contribution in [3.05, 3.63) is 48.8 Å². The molecule has 1 aromatic carbocycles. The first-order valence-corrected chi connectivity index (χ1v) is 12.2. The number of carbonyl (C=O) groups is 1. The number of ether oxygens (including phenoxy) is 1. The zero-order chi connectivity index (χ0) is 24.0. The summed E-state index contributed by atoms with van der Waals surface area (Å²) in [4.78, 5) is 17.4. The molecular weight excluding hydrogens is 434 g/mol. The molecule has 1 atom stereocenters. The highest BCUT2D eigenvalue weighted by molar-refractivity contribution is 8.00. The molecule has 33 heavy (non-hydrogen) atoms. The van der Waals surface area contributed by atoms with E-state index >= 15 is 0 Å². The number of nitrogens with one attached hydrogen (secondary N) is 1. The lowest BCUT2D eigenvalue weighted by Gasteiger charge is -2.28. The third kappa shape index (κ3) is 6.13. The van der Waals surface area contributed by atoms with Gasteiger partial charge in [0, 0.05) is 29.2 Å². The minimum absolute atomic E-state index is 0.00558. The fraction of sp³-hybridized carbons (Fsp3) is 0.440. The number of rotatable bonds is 10. The second-order valence-corrected chi connectivity index (χ2v) is 9.93. The highest BCUT2D eigenvalue weighted by atomic mass is 32.2. The van der Waals surface area contributed by atoms with E-state index in [1.165, 1.54) is 11.8 Å². The summed E-state index contributed by atoms with van der Waals surface area (Å²) in [6.45, 7) is 12.8. The molecule has 7 nitrogen and oxygen atoms in total. The second kappa shape index (κ2) is 10.8. The maximum atomic E-state index is 13.2. The molecule has 0 bridgehead atoms. The fourth-order valence-corrected chi connectivity index (χ4v) is 4.27. The van der Waals surface area contributed by atoms with Gasteiger partial charge in [0.25, 0.3) is 0 Å². The Morgan fingerprint density at radius 3 is 2.45 bits per heavy atom.